The standard InChI is InChI=1S/C64H43N5O9/c1-2-78-58-29-27-57(28-30-58)69(55-23-11-45(12-24-55)35-59(47-15-3-41(4-16-47)31-51(37-65)61(70)71)48-17-5-42(6-18-48)32-52(38-66)62(72)73)56-25-13-46(14-26-56)36-60(49-19-7-43(8-20-49)33-53(39-67)63(74)75)50-21-9-44(10-22-50)34-54(40-68)64(76)77/h3-36H,2H2,1H3,(H,70,71)(H,72,73)(H,74,75)(H,76,77)/b51-31+,52-32+,53-33+,54-34+. The van der Waals surface area contributed by atoms with Gasteiger partial charge in [0.15, 0.2) is 0 Å². The lowest BCUT2D eigenvalue weighted by Crippen LogP contribution is -2.10. The van der Waals surface area contributed by atoms with E-state index in [0.29, 0.717) is 34.6 Å². The lowest BCUT2D eigenvalue weighted by molar-refractivity contribution is -0.133. The summed E-state index contributed by atoms with van der Waals surface area (Å²) in [5.74, 6) is -4.68. The van der Waals surface area contributed by atoms with Crippen LogP contribution >= 0.6 is 0 Å². The fraction of sp³-hybridized carbons (Fsp3) is 0.0312. The van der Waals surface area contributed by atoms with Gasteiger partial charge >= 0.3 is 23.9 Å². The van der Waals surface area contributed by atoms with Gasteiger partial charge in [0.1, 0.15) is 52.3 Å². The van der Waals surface area contributed by atoms with Crippen molar-refractivity contribution in [3.05, 3.63) is 248 Å². The van der Waals surface area contributed by atoms with Crippen molar-refractivity contribution in [1.29, 1.82) is 21.0 Å². The number of carbonyl (C=O) groups is 4. The third-order valence-corrected chi connectivity index (χ3v) is 11.9. The number of ether oxygens (including phenoxy) is 1. The van der Waals surface area contributed by atoms with Crippen molar-refractivity contribution < 1.29 is 44.3 Å². The molecule has 0 bridgehead atoms. The fourth-order valence-corrected chi connectivity index (χ4v) is 8.01. The van der Waals surface area contributed by atoms with Gasteiger partial charge in [0.25, 0.3) is 0 Å². The second kappa shape index (κ2) is 25.4. The lowest BCUT2D eigenvalue weighted by atomic mass is 9.93. The fourth-order valence-electron chi connectivity index (χ4n) is 8.01. The molecule has 0 unspecified atom stereocenters. The van der Waals surface area contributed by atoms with E-state index in [9.17, 15) is 60.7 Å². The minimum Gasteiger partial charge on any atom is -0.494 e. The Labute approximate surface area is 448 Å². The van der Waals surface area contributed by atoms with Crippen molar-refractivity contribution >= 4 is 88.5 Å². The van der Waals surface area contributed by atoms with E-state index in [4.69, 9.17) is 4.74 Å². The Morgan fingerprint density at radius 3 is 0.808 bits per heavy atom. The number of aliphatic carboxylic acids is 4. The number of hydrogen-bond donors (Lipinski definition) is 4. The minimum atomic E-state index is -1.34. The zero-order chi connectivity index (χ0) is 55.7. The first-order chi connectivity index (χ1) is 37.7. The molecule has 0 aliphatic carbocycles. The van der Waals surface area contributed by atoms with Crippen LogP contribution in [0.4, 0.5) is 17.1 Å². The first kappa shape index (κ1) is 54.2. The smallest absolute Gasteiger partial charge is 0.346 e. The van der Waals surface area contributed by atoms with E-state index < -0.39 is 46.2 Å². The molecule has 14 heteroatoms. The van der Waals surface area contributed by atoms with Gasteiger partial charge < -0.3 is 30.1 Å². The van der Waals surface area contributed by atoms with Crippen LogP contribution in [-0.4, -0.2) is 50.9 Å². The summed E-state index contributed by atoms with van der Waals surface area (Å²) in [5.41, 5.74) is 8.94. The summed E-state index contributed by atoms with van der Waals surface area (Å²) in [7, 11) is 0. The van der Waals surface area contributed by atoms with E-state index in [1.807, 2.05) is 91.9 Å². The molecule has 0 amide bonds. The molecular weight excluding hydrogens is 983 g/mol. The number of nitrogens with zero attached hydrogens (tertiary/aromatic N) is 5. The van der Waals surface area contributed by atoms with E-state index in [-0.39, 0.29) is 0 Å². The summed E-state index contributed by atoms with van der Waals surface area (Å²) in [4.78, 5) is 48.3. The number of rotatable bonds is 19. The molecule has 0 heterocycles. The Morgan fingerprint density at radius 1 is 0.372 bits per heavy atom. The monoisotopic (exact) mass is 1030 g/mol. The first-order valence-corrected chi connectivity index (χ1v) is 23.7. The molecule has 78 heavy (non-hydrogen) atoms. The maximum Gasteiger partial charge on any atom is 0.346 e. The SMILES string of the molecule is CCOc1ccc(N(c2ccc(C=C(c3ccc(/C=C(\C#N)C(=O)O)cc3)c3ccc(/C=C(\C#N)C(=O)O)cc3)cc2)c2ccc(C=C(c3ccc(/C=C(\C#N)C(=O)O)cc3)c3ccc(/C=C(\C#N)C(=O)O)cc3)cc2)cc1. The normalized spacial score (nSPS) is 11.3. The molecule has 14 nitrogen and oxygen atoms in total. The molecule has 7 aromatic rings. The highest BCUT2D eigenvalue weighted by molar-refractivity contribution is 6.00. The third kappa shape index (κ3) is 13.7. The zero-order valence-corrected chi connectivity index (χ0v) is 41.4. The molecule has 0 aliphatic rings. The summed E-state index contributed by atoms with van der Waals surface area (Å²) >= 11 is 0. The van der Waals surface area contributed by atoms with Crippen LogP contribution in [0.5, 0.6) is 5.75 Å². The lowest BCUT2D eigenvalue weighted by Gasteiger charge is -2.26. The number of carboxylic acids is 4. The summed E-state index contributed by atoms with van der Waals surface area (Å²) in [5, 5.41) is 75.0. The van der Waals surface area contributed by atoms with Gasteiger partial charge in [-0.25, -0.2) is 19.2 Å². The van der Waals surface area contributed by atoms with Gasteiger partial charge in [-0.2, -0.15) is 21.0 Å². The van der Waals surface area contributed by atoms with Crippen LogP contribution in [0.3, 0.4) is 0 Å². The number of nitriles is 4. The average molecular weight is 1030 g/mol. The van der Waals surface area contributed by atoms with Crippen molar-refractivity contribution in [2.24, 2.45) is 0 Å². The van der Waals surface area contributed by atoms with E-state index >= 15 is 0 Å². The molecule has 0 spiro atoms. The topological polar surface area (TPSA) is 257 Å². The van der Waals surface area contributed by atoms with E-state index in [2.05, 4.69) is 4.90 Å². The third-order valence-electron chi connectivity index (χ3n) is 11.9. The highest BCUT2D eigenvalue weighted by atomic mass is 16.5. The van der Waals surface area contributed by atoms with Crippen molar-refractivity contribution in [3.8, 4) is 30.0 Å². The second-order valence-corrected chi connectivity index (χ2v) is 16.9. The maximum absolute atomic E-state index is 11.5. The molecule has 0 saturated heterocycles. The highest BCUT2D eigenvalue weighted by Crippen LogP contribution is 2.37. The van der Waals surface area contributed by atoms with Gasteiger partial charge in [-0.15, -0.1) is 0 Å². The molecule has 4 N–H and O–H groups in total. The van der Waals surface area contributed by atoms with Crippen LogP contribution in [0.2, 0.25) is 0 Å². The average Bonchev–Trinajstić information content (AvgIpc) is 3.47. The number of benzene rings is 7. The van der Waals surface area contributed by atoms with Crippen molar-refractivity contribution in [1.82, 2.24) is 0 Å². The molecule has 0 saturated carbocycles. The van der Waals surface area contributed by atoms with Crippen LogP contribution < -0.4 is 9.64 Å². The summed E-state index contributed by atoms with van der Waals surface area (Å²) in [6.45, 7) is 2.39. The van der Waals surface area contributed by atoms with Crippen LogP contribution in [0.1, 0.15) is 62.6 Å². The van der Waals surface area contributed by atoms with E-state index in [1.165, 1.54) is 24.3 Å². The Morgan fingerprint density at radius 2 is 0.590 bits per heavy atom. The predicted molar refractivity (Wildman–Crippen MR) is 297 cm³/mol. The Balaban J connectivity index is 1.29. The minimum absolute atomic E-state index is 0.418. The number of anilines is 3. The molecule has 7 aromatic carbocycles. The van der Waals surface area contributed by atoms with Crippen LogP contribution in [0, 0.1) is 45.3 Å². The van der Waals surface area contributed by atoms with Gasteiger partial charge in [-0.1, -0.05) is 121 Å². The van der Waals surface area contributed by atoms with Gasteiger partial charge in [0.05, 0.1) is 6.61 Å². The zero-order valence-electron chi connectivity index (χ0n) is 41.4. The summed E-state index contributed by atoms with van der Waals surface area (Å²) < 4.78 is 5.77. The molecule has 0 atom stereocenters. The predicted octanol–water partition coefficient (Wildman–Crippen LogP) is 12.7. The Kier molecular flexibility index (Phi) is 17.6. The van der Waals surface area contributed by atoms with Gasteiger partial charge in [-0.05, 0) is 159 Å². The molecule has 7 rings (SSSR count). The molecule has 0 radical (unpaired) electrons. The molecule has 0 aliphatic heterocycles. The molecule has 0 aromatic heterocycles. The molecule has 378 valence electrons. The van der Waals surface area contributed by atoms with Crippen LogP contribution in [0.25, 0.3) is 47.6 Å². The Hall–Kier alpha value is -11.6. The summed E-state index contributed by atoms with van der Waals surface area (Å²) in [6, 6.07) is 58.2. The Bertz CT molecular complexity index is 3380. The van der Waals surface area contributed by atoms with Crippen molar-refractivity contribution in [2.75, 3.05) is 11.5 Å². The van der Waals surface area contributed by atoms with Gasteiger partial charge in [-0.3, -0.25) is 0 Å². The largest absolute Gasteiger partial charge is 0.494 e. The maximum atomic E-state index is 11.5. The van der Waals surface area contributed by atoms with Crippen LogP contribution in [0.15, 0.2) is 192 Å². The van der Waals surface area contributed by atoms with E-state index in [1.54, 1.807) is 121 Å². The number of carboxylic acid groups (broad SMARTS) is 4. The van der Waals surface area contributed by atoms with Gasteiger partial charge in [0.2, 0.25) is 0 Å². The van der Waals surface area contributed by atoms with Crippen molar-refractivity contribution in [2.45, 2.75) is 6.92 Å². The quantitative estimate of drug-likeness (QED) is 0.0334. The molecular formula is C64H43N5O9. The molecule has 0 fully saturated rings. The van der Waals surface area contributed by atoms with E-state index in [0.717, 1.165) is 61.6 Å². The number of hydrogen-bond acceptors (Lipinski definition) is 10. The summed E-state index contributed by atoms with van der Waals surface area (Å²) in [6.07, 6.45) is 9.07. The van der Waals surface area contributed by atoms with Crippen LogP contribution in [-0.2, 0) is 19.2 Å². The van der Waals surface area contributed by atoms with Crippen molar-refractivity contribution in [3.63, 3.8) is 0 Å². The first-order valence-electron chi connectivity index (χ1n) is 23.7. The second-order valence-electron chi connectivity index (χ2n) is 16.9. The van der Waals surface area contributed by atoms with Gasteiger partial charge in [0, 0.05) is 17.1 Å². The highest BCUT2D eigenvalue weighted by Gasteiger charge is 2.16.